The van der Waals surface area contributed by atoms with Crippen LogP contribution in [0.1, 0.15) is 25.0 Å². The van der Waals surface area contributed by atoms with Crippen LogP contribution in [0.4, 0.5) is 5.69 Å². The average Bonchev–Trinajstić information content (AvgIpc) is 3.25. The maximum atomic E-state index is 13.2. The molecule has 1 heterocycles. The summed E-state index contributed by atoms with van der Waals surface area (Å²) in [6.07, 6.45) is -2.79. The zero-order chi connectivity index (χ0) is 29.7. The molecule has 2 amide bonds. The molecule has 1 aliphatic heterocycles. The van der Waals surface area contributed by atoms with E-state index in [0.29, 0.717) is 37.6 Å². The Morgan fingerprint density at radius 1 is 0.878 bits per heavy atom. The molecule has 0 radical (unpaired) electrons. The van der Waals surface area contributed by atoms with Crippen LogP contribution < -0.4 is 15.4 Å². The van der Waals surface area contributed by atoms with E-state index < -0.39 is 41.8 Å². The Kier molecular flexibility index (Phi) is 9.78. The normalized spacial score (nSPS) is 18.4. The average molecular weight is 622 g/mol. The van der Waals surface area contributed by atoms with Crippen LogP contribution in [0.15, 0.2) is 66.7 Å². The van der Waals surface area contributed by atoms with Crippen molar-refractivity contribution in [2.45, 2.75) is 50.9 Å². The molecule has 216 valence electrons. The number of anilines is 1. The first-order chi connectivity index (χ1) is 19.4. The summed E-state index contributed by atoms with van der Waals surface area (Å²) in [7, 11) is 0. The van der Waals surface area contributed by atoms with Crippen molar-refractivity contribution in [3.63, 3.8) is 0 Å². The molecule has 9 nitrogen and oxygen atoms in total. The fraction of sp³-hybridized carbons (Fsp3) is 0.276. The number of hydrogen-bond acceptors (Lipinski definition) is 6. The van der Waals surface area contributed by atoms with Gasteiger partial charge in [-0.1, -0.05) is 65.1 Å². The lowest BCUT2D eigenvalue weighted by Gasteiger charge is -2.20. The molecule has 3 aromatic carbocycles. The lowest BCUT2D eigenvalue weighted by molar-refractivity contribution is -0.159. The molecule has 0 saturated carbocycles. The third kappa shape index (κ3) is 7.90. The Morgan fingerprint density at radius 2 is 1.46 bits per heavy atom. The Balaban J connectivity index is 1.40. The molecule has 41 heavy (non-hydrogen) atoms. The zero-order valence-electron chi connectivity index (χ0n) is 22.0. The first kappa shape index (κ1) is 30.6. The first-order valence-corrected chi connectivity index (χ1v) is 13.7. The minimum atomic E-state index is -1.40. The van der Waals surface area contributed by atoms with Gasteiger partial charge in [0.1, 0.15) is 18.4 Å². The van der Waals surface area contributed by atoms with E-state index in [2.05, 4.69) is 10.6 Å². The molecule has 3 N–H and O–H groups in total. The van der Waals surface area contributed by atoms with Gasteiger partial charge in [-0.3, -0.25) is 9.59 Å². The largest absolute Gasteiger partial charge is 0.489 e. The molecule has 0 aromatic heterocycles. The number of carbonyl (C=O) groups is 3. The second-order valence-corrected chi connectivity index (χ2v) is 10.9. The van der Waals surface area contributed by atoms with Gasteiger partial charge in [0.25, 0.3) is 11.8 Å². The highest BCUT2D eigenvalue weighted by molar-refractivity contribution is 6.36. The smallest absolute Gasteiger partial charge is 0.326 e. The van der Waals surface area contributed by atoms with Gasteiger partial charge in [0.2, 0.25) is 0 Å². The number of rotatable bonds is 10. The molecule has 0 spiro atoms. The van der Waals surface area contributed by atoms with Crippen LogP contribution in [0.25, 0.3) is 0 Å². The molecular formula is C29H27Cl3N2O7. The van der Waals surface area contributed by atoms with Crippen molar-refractivity contribution in [2.75, 3.05) is 5.32 Å². The maximum absolute atomic E-state index is 13.2. The second kappa shape index (κ2) is 13.1. The van der Waals surface area contributed by atoms with Gasteiger partial charge in [-0.05, 0) is 55.8 Å². The van der Waals surface area contributed by atoms with Crippen molar-refractivity contribution >= 4 is 58.3 Å². The number of carboxylic acid groups (broad SMARTS) is 1. The van der Waals surface area contributed by atoms with E-state index in [1.165, 1.54) is 0 Å². The minimum absolute atomic E-state index is 0.0366. The highest BCUT2D eigenvalue weighted by Gasteiger charge is 2.49. The lowest BCUT2D eigenvalue weighted by atomic mass is 10.0. The molecule has 12 heteroatoms. The van der Waals surface area contributed by atoms with Crippen LogP contribution in [0.2, 0.25) is 15.1 Å². The SMILES string of the molecule is CC1(C)O[C@@H](C(=O)Nc2ccccc2Cl)[C@H](C(=O)N[C@@H](Cc2ccc(OCc3c(Cl)cccc3Cl)cc2)C(=O)O)O1. The fourth-order valence-electron chi connectivity index (χ4n) is 4.15. The highest BCUT2D eigenvalue weighted by atomic mass is 35.5. The van der Waals surface area contributed by atoms with Gasteiger partial charge in [-0.25, -0.2) is 4.79 Å². The van der Waals surface area contributed by atoms with E-state index in [1.54, 1.807) is 80.6 Å². The van der Waals surface area contributed by atoms with Gasteiger partial charge in [0.15, 0.2) is 18.0 Å². The summed E-state index contributed by atoms with van der Waals surface area (Å²) in [6, 6.07) is 17.2. The number of ether oxygens (including phenoxy) is 3. The van der Waals surface area contributed by atoms with Crippen LogP contribution >= 0.6 is 34.8 Å². The quantitative estimate of drug-likeness (QED) is 0.273. The monoisotopic (exact) mass is 620 g/mol. The van der Waals surface area contributed by atoms with E-state index in [1.807, 2.05) is 0 Å². The Bertz CT molecular complexity index is 1410. The Hall–Kier alpha value is -3.34. The van der Waals surface area contributed by atoms with Gasteiger partial charge in [-0.15, -0.1) is 0 Å². The first-order valence-electron chi connectivity index (χ1n) is 12.5. The number of para-hydroxylation sites is 1. The predicted octanol–water partition coefficient (Wildman–Crippen LogP) is 5.50. The van der Waals surface area contributed by atoms with E-state index >= 15 is 0 Å². The maximum Gasteiger partial charge on any atom is 0.326 e. The number of nitrogens with one attached hydrogen (secondary N) is 2. The molecule has 1 saturated heterocycles. The number of carbonyl (C=O) groups excluding carboxylic acids is 2. The van der Waals surface area contributed by atoms with Gasteiger partial charge < -0.3 is 30.0 Å². The standard InChI is InChI=1S/C29H27Cl3N2O7/c1-29(2)40-24(26(35)33-22-9-4-3-6-21(22)32)25(41-29)27(36)34-23(28(37)38)14-16-10-12-17(13-11-16)39-15-18-19(30)7-5-8-20(18)31/h3-13,23-25H,14-15H2,1-2H3,(H,33,35)(H,34,36)(H,37,38)/t23-,24+,25+/m0/s1. The van der Waals surface area contributed by atoms with Gasteiger partial charge >= 0.3 is 5.97 Å². The number of benzene rings is 3. The molecule has 3 atom stereocenters. The number of aliphatic carboxylic acids is 1. The minimum Gasteiger partial charge on any atom is -0.489 e. The Morgan fingerprint density at radius 3 is 2.07 bits per heavy atom. The van der Waals surface area contributed by atoms with Gasteiger partial charge in [-0.2, -0.15) is 0 Å². The van der Waals surface area contributed by atoms with Crippen LogP contribution in [0.5, 0.6) is 5.75 Å². The highest BCUT2D eigenvalue weighted by Crippen LogP contribution is 2.31. The van der Waals surface area contributed by atoms with Crippen LogP contribution in [0, 0.1) is 0 Å². The predicted molar refractivity (Wildman–Crippen MR) is 154 cm³/mol. The van der Waals surface area contributed by atoms with E-state index in [-0.39, 0.29) is 13.0 Å². The molecule has 4 rings (SSSR count). The van der Waals surface area contributed by atoms with Crippen LogP contribution in [0.3, 0.4) is 0 Å². The third-order valence-corrected chi connectivity index (χ3v) is 7.21. The summed E-state index contributed by atoms with van der Waals surface area (Å²) in [6.45, 7) is 3.25. The number of carboxylic acids is 1. The van der Waals surface area contributed by atoms with Crippen molar-refractivity contribution in [1.29, 1.82) is 0 Å². The fourth-order valence-corrected chi connectivity index (χ4v) is 4.84. The van der Waals surface area contributed by atoms with Gasteiger partial charge in [0, 0.05) is 22.0 Å². The second-order valence-electron chi connectivity index (χ2n) is 9.68. The summed E-state index contributed by atoms with van der Waals surface area (Å²) in [5, 5.41) is 16.2. The van der Waals surface area contributed by atoms with E-state index in [4.69, 9.17) is 49.0 Å². The number of hydrogen-bond donors (Lipinski definition) is 3. The van der Waals surface area contributed by atoms with Crippen LogP contribution in [-0.2, 0) is 36.9 Å². The molecule has 3 aromatic rings. The van der Waals surface area contributed by atoms with Crippen molar-refractivity contribution in [2.24, 2.45) is 0 Å². The summed E-state index contributed by atoms with van der Waals surface area (Å²) in [5.74, 6) is -3.48. The summed E-state index contributed by atoms with van der Waals surface area (Å²) < 4.78 is 17.1. The topological polar surface area (TPSA) is 123 Å². The number of halogens is 3. The Labute approximate surface area is 251 Å². The lowest BCUT2D eigenvalue weighted by Crippen LogP contribution is -2.51. The molecule has 0 aliphatic carbocycles. The van der Waals surface area contributed by atoms with E-state index in [0.717, 1.165) is 0 Å². The third-order valence-electron chi connectivity index (χ3n) is 6.17. The van der Waals surface area contributed by atoms with Crippen molar-refractivity contribution in [3.8, 4) is 5.75 Å². The molecule has 0 unspecified atom stereocenters. The molecule has 1 fully saturated rings. The molecule has 0 bridgehead atoms. The molecule has 1 aliphatic rings. The van der Waals surface area contributed by atoms with E-state index in [9.17, 15) is 19.5 Å². The summed E-state index contributed by atoms with van der Waals surface area (Å²) in [5.41, 5.74) is 1.60. The summed E-state index contributed by atoms with van der Waals surface area (Å²) in [4.78, 5) is 38.2. The summed E-state index contributed by atoms with van der Waals surface area (Å²) >= 11 is 18.5. The van der Waals surface area contributed by atoms with Crippen molar-refractivity contribution < 1.29 is 33.7 Å². The van der Waals surface area contributed by atoms with Crippen LogP contribution in [-0.4, -0.2) is 46.9 Å². The van der Waals surface area contributed by atoms with Crippen molar-refractivity contribution in [1.82, 2.24) is 5.32 Å². The molecular weight excluding hydrogens is 595 g/mol. The number of amides is 2. The van der Waals surface area contributed by atoms with Crippen molar-refractivity contribution in [3.05, 3.63) is 92.9 Å². The van der Waals surface area contributed by atoms with Gasteiger partial charge in [0.05, 0.1) is 10.7 Å². The zero-order valence-corrected chi connectivity index (χ0v) is 24.3.